The fourth-order valence-corrected chi connectivity index (χ4v) is 4.60. The van der Waals surface area contributed by atoms with E-state index in [4.69, 9.17) is 0 Å². The standard InChI is InChI=1S/C16H17BrFNOS/c17-13-4-2-1-3-11(13)9-19-16(20)15-7-10-5-6-12(18)8-14(10)21-15/h5-8,11,13H,1-4,9H2,(H,19,20). The van der Waals surface area contributed by atoms with E-state index in [1.54, 1.807) is 6.07 Å². The number of thiophene rings is 1. The van der Waals surface area contributed by atoms with Gasteiger partial charge in [-0.1, -0.05) is 34.8 Å². The number of carbonyl (C=O) groups excluding carboxylic acids is 1. The lowest BCUT2D eigenvalue weighted by atomic mass is 9.89. The summed E-state index contributed by atoms with van der Waals surface area (Å²) in [5.41, 5.74) is 0. The largest absolute Gasteiger partial charge is 0.351 e. The fourth-order valence-electron chi connectivity index (χ4n) is 2.82. The van der Waals surface area contributed by atoms with Crippen molar-refractivity contribution in [1.82, 2.24) is 5.32 Å². The number of hydrogen-bond donors (Lipinski definition) is 1. The Bertz CT molecular complexity index is 657. The van der Waals surface area contributed by atoms with E-state index in [0.29, 0.717) is 22.2 Å². The van der Waals surface area contributed by atoms with Gasteiger partial charge in [0.2, 0.25) is 0 Å². The molecule has 2 atom stereocenters. The number of amides is 1. The third kappa shape index (κ3) is 3.46. The lowest BCUT2D eigenvalue weighted by Crippen LogP contribution is -2.34. The molecule has 1 N–H and O–H groups in total. The zero-order valence-corrected chi connectivity index (χ0v) is 14.0. The van der Waals surface area contributed by atoms with E-state index in [-0.39, 0.29) is 11.7 Å². The molecule has 2 nitrogen and oxygen atoms in total. The summed E-state index contributed by atoms with van der Waals surface area (Å²) in [6.45, 7) is 0.706. The van der Waals surface area contributed by atoms with Crippen LogP contribution >= 0.6 is 27.3 Å². The van der Waals surface area contributed by atoms with E-state index in [9.17, 15) is 9.18 Å². The Morgan fingerprint density at radius 3 is 2.95 bits per heavy atom. The number of carbonyl (C=O) groups is 1. The Morgan fingerprint density at radius 1 is 1.33 bits per heavy atom. The summed E-state index contributed by atoms with van der Waals surface area (Å²) >= 11 is 5.05. The molecule has 1 aromatic heterocycles. The lowest BCUT2D eigenvalue weighted by molar-refractivity contribution is 0.0948. The minimum Gasteiger partial charge on any atom is -0.351 e. The van der Waals surface area contributed by atoms with Crippen molar-refractivity contribution < 1.29 is 9.18 Å². The number of fused-ring (bicyclic) bond motifs is 1. The predicted octanol–water partition coefficient (Wildman–Crippen LogP) is 4.72. The van der Waals surface area contributed by atoms with Crippen LogP contribution in [0.2, 0.25) is 0 Å². The van der Waals surface area contributed by atoms with Gasteiger partial charge in [-0.25, -0.2) is 4.39 Å². The second kappa shape index (κ2) is 6.44. The first kappa shape index (κ1) is 15.0. The van der Waals surface area contributed by atoms with Crippen LogP contribution < -0.4 is 5.32 Å². The maximum Gasteiger partial charge on any atom is 0.261 e. The maximum absolute atomic E-state index is 13.2. The Morgan fingerprint density at radius 2 is 2.14 bits per heavy atom. The number of benzene rings is 1. The summed E-state index contributed by atoms with van der Waals surface area (Å²) in [7, 11) is 0. The van der Waals surface area contributed by atoms with Crippen LogP contribution in [0.25, 0.3) is 10.1 Å². The Hall–Kier alpha value is -0.940. The Balaban J connectivity index is 1.66. The molecule has 3 rings (SSSR count). The Labute approximate surface area is 135 Å². The van der Waals surface area contributed by atoms with Gasteiger partial charge in [-0.2, -0.15) is 0 Å². The molecule has 1 aliphatic rings. The molecule has 1 amide bonds. The summed E-state index contributed by atoms with van der Waals surface area (Å²) < 4.78 is 14.0. The van der Waals surface area contributed by atoms with E-state index >= 15 is 0 Å². The lowest BCUT2D eigenvalue weighted by Gasteiger charge is -2.27. The summed E-state index contributed by atoms with van der Waals surface area (Å²) in [6, 6.07) is 6.45. The fraction of sp³-hybridized carbons (Fsp3) is 0.438. The highest BCUT2D eigenvalue weighted by molar-refractivity contribution is 9.09. The highest BCUT2D eigenvalue weighted by Gasteiger charge is 2.23. The number of hydrogen-bond acceptors (Lipinski definition) is 2. The second-order valence-corrected chi connectivity index (χ2v) is 7.82. The van der Waals surface area contributed by atoms with Crippen LogP contribution in [0, 0.1) is 11.7 Å². The molecule has 21 heavy (non-hydrogen) atoms. The van der Waals surface area contributed by atoms with Crippen LogP contribution in [0.15, 0.2) is 24.3 Å². The zero-order valence-electron chi connectivity index (χ0n) is 11.6. The van der Waals surface area contributed by atoms with Crippen molar-refractivity contribution in [2.24, 2.45) is 5.92 Å². The summed E-state index contributed by atoms with van der Waals surface area (Å²) in [5, 5.41) is 3.94. The molecule has 0 radical (unpaired) electrons. The molecular weight excluding hydrogens is 353 g/mol. The molecular formula is C16H17BrFNOS. The smallest absolute Gasteiger partial charge is 0.261 e. The van der Waals surface area contributed by atoms with Gasteiger partial charge < -0.3 is 5.32 Å². The third-order valence-electron chi connectivity index (χ3n) is 4.05. The number of alkyl halides is 1. The third-order valence-corrected chi connectivity index (χ3v) is 6.35. The van der Waals surface area contributed by atoms with Gasteiger partial charge >= 0.3 is 0 Å². The molecule has 1 aliphatic carbocycles. The molecule has 1 heterocycles. The predicted molar refractivity (Wildman–Crippen MR) is 88.8 cm³/mol. The molecule has 0 spiro atoms. The van der Waals surface area contributed by atoms with Crippen molar-refractivity contribution >= 4 is 43.3 Å². The summed E-state index contributed by atoms with van der Waals surface area (Å²) in [4.78, 5) is 13.4. The number of halogens is 2. The van der Waals surface area contributed by atoms with Crippen LogP contribution in [-0.2, 0) is 0 Å². The number of nitrogens with one attached hydrogen (secondary N) is 1. The second-order valence-electron chi connectivity index (χ2n) is 5.56. The topological polar surface area (TPSA) is 29.1 Å². The average molecular weight is 370 g/mol. The van der Waals surface area contributed by atoms with Crippen LogP contribution in [0.3, 0.4) is 0 Å². The quantitative estimate of drug-likeness (QED) is 0.778. The SMILES string of the molecule is O=C(NCC1CCCCC1Br)c1cc2ccc(F)cc2s1. The Kier molecular flexibility index (Phi) is 4.60. The van der Waals surface area contributed by atoms with Crippen LogP contribution in [0.5, 0.6) is 0 Å². The van der Waals surface area contributed by atoms with E-state index in [0.717, 1.165) is 16.5 Å². The van der Waals surface area contributed by atoms with E-state index in [1.807, 2.05) is 6.07 Å². The molecule has 0 bridgehead atoms. The van der Waals surface area contributed by atoms with Crippen molar-refractivity contribution in [2.75, 3.05) is 6.54 Å². The summed E-state index contributed by atoms with van der Waals surface area (Å²) in [6.07, 6.45) is 4.85. The molecule has 1 aromatic carbocycles. The minimum absolute atomic E-state index is 0.0538. The van der Waals surface area contributed by atoms with Crippen molar-refractivity contribution in [3.8, 4) is 0 Å². The van der Waals surface area contributed by atoms with Gasteiger partial charge in [0.1, 0.15) is 5.82 Å². The summed E-state index contributed by atoms with van der Waals surface area (Å²) in [5.74, 6) is 0.192. The molecule has 2 aromatic rings. The van der Waals surface area contributed by atoms with Gasteiger partial charge in [-0.15, -0.1) is 11.3 Å². The average Bonchev–Trinajstić information content (AvgIpc) is 2.89. The monoisotopic (exact) mass is 369 g/mol. The highest BCUT2D eigenvalue weighted by Crippen LogP contribution is 2.30. The first-order valence-corrected chi connectivity index (χ1v) is 8.98. The van der Waals surface area contributed by atoms with Crippen molar-refractivity contribution in [1.29, 1.82) is 0 Å². The van der Waals surface area contributed by atoms with Gasteiger partial charge in [0, 0.05) is 16.1 Å². The van der Waals surface area contributed by atoms with E-state index < -0.39 is 0 Å². The van der Waals surface area contributed by atoms with Crippen LogP contribution in [0.4, 0.5) is 4.39 Å². The maximum atomic E-state index is 13.2. The molecule has 0 saturated heterocycles. The number of rotatable bonds is 3. The van der Waals surface area contributed by atoms with Gasteiger partial charge in [-0.05, 0) is 42.3 Å². The first-order valence-electron chi connectivity index (χ1n) is 7.25. The van der Waals surface area contributed by atoms with Crippen molar-refractivity contribution in [3.05, 3.63) is 35.0 Å². The molecule has 112 valence electrons. The van der Waals surface area contributed by atoms with E-state index in [1.165, 1.54) is 42.7 Å². The molecule has 0 aliphatic heterocycles. The molecule has 5 heteroatoms. The first-order chi connectivity index (χ1) is 10.1. The molecule has 1 fully saturated rings. The van der Waals surface area contributed by atoms with Crippen LogP contribution in [0.1, 0.15) is 35.4 Å². The zero-order chi connectivity index (χ0) is 14.8. The van der Waals surface area contributed by atoms with Crippen molar-refractivity contribution in [3.63, 3.8) is 0 Å². The van der Waals surface area contributed by atoms with Crippen molar-refractivity contribution in [2.45, 2.75) is 30.5 Å². The van der Waals surface area contributed by atoms with Gasteiger partial charge in [0.15, 0.2) is 0 Å². The van der Waals surface area contributed by atoms with Gasteiger partial charge in [-0.3, -0.25) is 4.79 Å². The van der Waals surface area contributed by atoms with Gasteiger partial charge in [0.05, 0.1) is 4.88 Å². The molecule has 2 unspecified atom stereocenters. The van der Waals surface area contributed by atoms with E-state index in [2.05, 4.69) is 21.2 Å². The van der Waals surface area contributed by atoms with Crippen LogP contribution in [-0.4, -0.2) is 17.3 Å². The highest BCUT2D eigenvalue weighted by atomic mass is 79.9. The normalized spacial score (nSPS) is 22.4. The minimum atomic E-state index is -0.263. The van der Waals surface area contributed by atoms with Gasteiger partial charge in [0.25, 0.3) is 5.91 Å². The molecule has 1 saturated carbocycles.